The fourth-order valence-electron chi connectivity index (χ4n) is 5.44. The van der Waals surface area contributed by atoms with Crippen molar-refractivity contribution in [2.45, 2.75) is 64.0 Å². The first-order valence-corrected chi connectivity index (χ1v) is 12.0. The number of carbonyl (C=O) groups is 3. The number of aryl methyl sites for hydroxylation is 1. The molecule has 0 atom stereocenters. The van der Waals surface area contributed by atoms with Gasteiger partial charge in [0.1, 0.15) is 11.4 Å². The second kappa shape index (κ2) is 9.07. The Balaban J connectivity index is 1.43. The number of rotatable bonds is 7. The van der Waals surface area contributed by atoms with Crippen LogP contribution in [0.15, 0.2) is 24.4 Å². The van der Waals surface area contributed by atoms with Gasteiger partial charge in [0, 0.05) is 42.5 Å². The highest BCUT2D eigenvalue weighted by Crippen LogP contribution is 2.51. The smallest absolute Gasteiger partial charge is 0.293 e. The molecule has 1 fully saturated rings. The van der Waals surface area contributed by atoms with Gasteiger partial charge < -0.3 is 15.2 Å². The summed E-state index contributed by atoms with van der Waals surface area (Å²) in [5.74, 6) is -5.71. The van der Waals surface area contributed by atoms with Crippen molar-refractivity contribution >= 4 is 23.3 Å². The molecule has 200 valence electrons. The van der Waals surface area contributed by atoms with Crippen molar-refractivity contribution in [1.29, 1.82) is 0 Å². The molecule has 38 heavy (non-hydrogen) atoms. The summed E-state index contributed by atoms with van der Waals surface area (Å²) in [5, 5.41) is 14.7. The first-order chi connectivity index (χ1) is 17.9. The van der Waals surface area contributed by atoms with Gasteiger partial charge in [0.2, 0.25) is 0 Å². The predicted octanol–water partition coefficient (Wildman–Crippen LogP) is 3.98. The number of H-pyrrole nitrogens is 1. The number of carbonyl (C=O) groups excluding carboxylic acids is 3. The number of nitrogens with one attached hydrogen (secondary N) is 3. The van der Waals surface area contributed by atoms with Gasteiger partial charge in [0.25, 0.3) is 29.9 Å². The monoisotopic (exact) mass is 532 g/mol. The topological polar surface area (TPSA) is 122 Å². The fourth-order valence-corrected chi connectivity index (χ4v) is 5.44. The predicted molar refractivity (Wildman–Crippen MR) is 126 cm³/mol. The van der Waals surface area contributed by atoms with Gasteiger partial charge in [-0.3, -0.25) is 19.5 Å². The van der Waals surface area contributed by atoms with Crippen molar-refractivity contribution in [3.8, 4) is 0 Å². The number of amides is 2. The Labute approximate surface area is 214 Å². The summed E-state index contributed by atoms with van der Waals surface area (Å²) in [6.07, 6.45) is -1.85. The quantitative estimate of drug-likeness (QED) is 0.241. The van der Waals surface area contributed by atoms with Crippen LogP contribution in [0.5, 0.6) is 0 Å². The molecule has 2 aliphatic rings. The van der Waals surface area contributed by atoms with Crippen LogP contribution >= 0.6 is 0 Å². The third-order valence-corrected chi connectivity index (χ3v) is 7.21. The standard InChI is InChI=1S/C25H24F4N6O3/c1-12-5-6-14(8-15(12)21(26)27)31-22(37)19-13(2)18(16-4-3-7-35(16)19)20(36)23(38)32-24(10-25(28,29)11-24)17-9-30-34-33-17/h5-6,8-9,21H,3-4,7,10-11H2,1-2H3,(H,31,37)(H,32,38)(H,30,33,34). The van der Waals surface area contributed by atoms with Crippen molar-refractivity contribution in [3.05, 3.63) is 63.7 Å². The maximum atomic E-state index is 13.8. The van der Waals surface area contributed by atoms with Crippen molar-refractivity contribution in [1.82, 2.24) is 25.3 Å². The minimum absolute atomic E-state index is 0.0312. The SMILES string of the molecule is Cc1ccc(NC(=O)c2c(C)c(C(=O)C(=O)NC3(c4c[nH]nn4)CC(F)(F)C3)c3n2CCC3)cc1C(F)F. The third-order valence-electron chi connectivity index (χ3n) is 7.21. The van der Waals surface area contributed by atoms with Crippen LogP contribution in [0.2, 0.25) is 0 Å². The molecule has 1 aliphatic heterocycles. The molecule has 3 N–H and O–H groups in total. The molecule has 0 bridgehead atoms. The van der Waals surface area contributed by atoms with Crippen LogP contribution in [0.25, 0.3) is 0 Å². The lowest BCUT2D eigenvalue weighted by molar-refractivity contribution is -0.148. The number of aromatic nitrogens is 4. The zero-order chi connectivity index (χ0) is 27.4. The van der Waals surface area contributed by atoms with Crippen LogP contribution in [0, 0.1) is 13.8 Å². The van der Waals surface area contributed by atoms with Gasteiger partial charge in [-0.15, -0.1) is 5.10 Å². The Morgan fingerprint density at radius 3 is 2.53 bits per heavy atom. The molecule has 5 rings (SSSR count). The minimum Gasteiger partial charge on any atom is -0.340 e. The van der Waals surface area contributed by atoms with Crippen LogP contribution in [-0.4, -0.2) is 43.5 Å². The number of ketones is 1. The van der Waals surface area contributed by atoms with Crippen molar-refractivity contribution < 1.29 is 31.9 Å². The van der Waals surface area contributed by atoms with Gasteiger partial charge in [0.15, 0.2) is 0 Å². The van der Waals surface area contributed by atoms with E-state index in [1.54, 1.807) is 4.57 Å². The van der Waals surface area contributed by atoms with Gasteiger partial charge in [-0.2, -0.15) is 0 Å². The average molecular weight is 532 g/mol. The van der Waals surface area contributed by atoms with E-state index in [9.17, 15) is 31.9 Å². The summed E-state index contributed by atoms with van der Waals surface area (Å²) in [6.45, 7) is 3.47. The normalized spacial score (nSPS) is 17.1. The Morgan fingerprint density at radius 1 is 1.16 bits per heavy atom. The van der Waals surface area contributed by atoms with Gasteiger partial charge >= 0.3 is 0 Å². The molecule has 0 saturated heterocycles. The molecule has 0 unspecified atom stereocenters. The highest BCUT2D eigenvalue weighted by molar-refractivity contribution is 6.44. The average Bonchev–Trinajstić information content (AvgIpc) is 3.56. The number of anilines is 1. The molecule has 0 radical (unpaired) electrons. The van der Waals surface area contributed by atoms with E-state index in [0.717, 1.165) is 0 Å². The third kappa shape index (κ3) is 4.25. The highest BCUT2D eigenvalue weighted by atomic mass is 19.3. The van der Waals surface area contributed by atoms with Gasteiger partial charge in [0.05, 0.1) is 11.1 Å². The number of nitrogens with zero attached hydrogens (tertiary/aromatic N) is 3. The van der Waals surface area contributed by atoms with Crippen molar-refractivity contribution in [3.63, 3.8) is 0 Å². The number of alkyl halides is 4. The molecule has 3 heterocycles. The van der Waals surface area contributed by atoms with Crippen molar-refractivity contribution in [2.24, 2.45) is 0 Å². The summed E-state index contributed by atoms with van der Waals surface area (Å²) in [5.41, 5.74) is -0.238. The van der Waals surface area contributed by atoms with E-state index < -0.39 is 48.3 Å². The van der Waals surface area contributed by atoms with Crippen LogP contribution in [0.1, 0.15) is 74.6 Å². The fraction of sp³-hybridized carbons (Fsp3) is 0.400. The van der Waals surface area contributed by atoms with E-state index in [0.29, 0.717) is 30.6 Å². The lowest BCUT2D eigenvalue weighted by atomic mass is 9.71. The Morgan fingerprint density at radius 2 is 1.89 bits per heavy atom. The van der Waals surface area contributed by atoms with Crippen LogP contribution in [0.3, 0.4) is 0 Å². The van der Waals surface area contributed by atoms with Crippen LogP contribution in [-0.2, 0) is 23.3 Å². The van der Waals surface area contributed by atoms with E-state index in [2.05, 4.69) is 26.0 Å². The van der Waals surface area contributed by atoms with E-state index >= 15 is 0 Å². The van der Waals surface area contributed by atoms with E-state index in [1.807, 2.05) is 0 Å². The summed E-state index contributed by atoms with van der Waals surface area (Å²) >= 11 is 0. The molecule has 2 amide bonds. The van der Waals surface area contributed by atoms with E-state index in [-0.39, 0.29) is 33.8 Å². The number of hydrogen-bond donors (Lipinski definition) is 3. The van der Waals surface area contributed by atoms with E-state index in [1.165, 1.54) is 38.2 Å². The van der Waals surface area contributed by atoms with Crippen LogP contribution in [0.4, 0.5) is 23.2 Å². The number of benzene rings is 1. The first-order valence-electron chi connectivity index (χ1n) is 12.0. The molecule has 13 heteroatoms. The molecule has 1 aliphatic carbocycles. The number of halogens is 4. The number of Topliss-reactive ketones (excluding diaryl/α,β-unsaturated/α-hetero) is 1. The van der Waals surface area contributed by atoms with Crippen LogP contribution < -0.4 is 10.6 Å². The van der Waals surface area contributed by atoms with Gasteiger partial charge in [-0.25, -0.2) is 17.6 Å². The second-order valence-electron chi connectivity index (χ2n) is 9.81. The zero-order valence-corrected chi connectivity index (χ0v) is 20.5. The first kappa shape index (κ1) is 25.6. The number of fused-ring (bicyclic) bond motifs is 1. The van der Waals surface area contributed by atoms with Gasteiger partial charge in [-0.05, 0) is 49.9 Å². The lowest BCUT2D eigenvalue weighted by Crippen LogP contribution is -2.61. The van der Waals surface area contributed by atoms with Crippen molar-refractivity contribution in [2.75, 3.05) is 5.32 Å². The number of hydrogen-bond acceptors (Lipinski definition) is 5. The Bertz CT molecular complexity index is 1440. The Kier molecular flexibility index (Phi) is 6.11. The maximum absolute atomic E-state index is 13.8. The summed E-state index contributed by atoms with van der Waals surface area (Å²) < 4.78 is 55.9. The lowest BCUT2D eigenvalue weighted by Gasteiger charge is -2.46. The molecular weight excluding hydrogens is 508 g/mol. The van der Waals surface area contributed by atoms with Gasteiger partial charge in [-0.1, -0.05) is 11.3 Å². The summed E-state index contributed by atoms with van der Waals surface area (Å²) in [7, 11) is 0. The largest absolute Gasteiger partial charge is 0.340 e. The molecular formula is C25H24F4N6O3. The molecule has 1 aromatic carbocycles. The maximum Gasteiger partial charge on any atom is 0.293 e. The highest BCUT2D eigenvalue weighted by Gasteiger charge is 2.60. The number of aromatic amines is 1. The summed E-state index contributed by atoms with van der Waals surface area (Å²) in [6, 6.07) is 4.17. The molecule has 2 aromatic heterocycles. The molecule has 9 nitrogen and oxygen atoms in total. The van der Waals surface area contributed by atoms with E-state index in [4.69, 9.17) is 0 Å². The Hall–Kier alpha value is -4.03. The zero-order valence-electron chi connectivity index (χ0n) is 20.5. The molecule has 0 spiro atoms. The summed E-state index contributed by atoms with van der Waals surface area (Å²) in [4.78, 5) is 39.7. The second-order valence-corrected chi connectivity index (χ2v) is 9.81. The molecule has 3 aromatic rings. The molecule has 1 saturated carbocycles. The minimum atomic E-state index is -3.03.